The third-order valence-corrected chi connectivity index (χ3v) is 16.6. The zero-order chi connectivity index (χ0) is 32.1. The second-order valence-electron chi connectivity index (χ2n) is 14.9. The predicted molar refractivity (Wildman–Crippen MR) is 177 cm³/mol. The number of hydrogen-bond donors (Lipinski definition) is 0. The normalized spacial score (nSPS) is 13.9. The fourth-order valence-corrected chi connectivity index (χ4v) is 5.40. The molecule has 0 saturated heterocycles. The van der Waals surface area contributed by atoms with Crippen LogP contribution in [0.2, 0.25) is 36.3 Å². The Balaban J connectivity index is 2.13. The fraction of sp³-hybridized carbons (Fsp3) is 0.529. The van der Waals surface area contributed by atoms with E-state index in [-0.39, 0.29) is 16.5 Å². The monoisotopic (exact) mass is 612 g/mol. The van der Waals surface area contributed by atoms with Gasteiger partial charge in [0.25, 0.3) is 0 Å². The summed E-state index contributed by atoms with van der Waals surface area (Å²) in [4.78, 5) is 25.8. The molecule has 2 aromatic carbocycles. The molecule has 42 heavy (non-hydrogen) atoms. The Morgan fingerprint density at radius 3 is 1.55 bits per heavy atom. The van der Waals surface area contributed by atoms with Crippen molar-refractivity contribution >= 4 is 34.6 Å². The highest BCUT2D eigenvalue weighted by Crippen LogP contribution is 2.38. The average Bonchev–Trinajstić information content (AvgIpc) is 2.81. The van der Waals surface area contributed by atoms with E-state index < -0.39 is 40.3 Å². The summed E-state index contributed by atoms with van der Waals surface area (Å²) in [5.41, 5.74) is 0.940. The van der Waals surface area contributed by atoms with Gasteiger partial charge in [0.15, 0.2) is 0 Å². The van der Waals surface area contributed by atoms with Crippen LogP contribution in [0, 0.1) is 0 Å². The number of hydrogen-bond acceptors (Lipinski definition) is 6. The lowest BCUT2D eigenvalue weighted by Gasteiger charge is -2.36. The molecule has 0 unspecified atom stereocenters. The van der Waals surface area contributed by atoms with Gasteiger partial charge in [0.2, 0.25) is 22.7 Å². The summed E-state index contributed by atoms with van der Waals surface area (Å²) in [6.07, 6.45) is 2.09. The first kappa shape index (κ1) is 35.4. The second kappa shape index (κ2) is 13.2. The molecule has 2 aromatic rings. The van der Waals surface area contributed by atoms with Crippen LogP contribution in [0.3, 0.4) is 0 Å². The van der Waals surface area contributed by atoms with E-state index in [2.05, 4.69) is 67.7 Å². The van der Waals surface area contributed by atoms with E-state index in [1.165, 1.54) is 6.08 Å². The van der Waals surface area contributed by atoms with Gasteiger partial charge in [0.1, 0.15) is 17.1 Å². The molecule has 0 heterocycles. The summed E-state index contributed by atoms with van der Waals surface area (Å²) in [7, 11) is -3.92. The number of carbonyl (C=O) groups is 2. The lowest BCUT2D eigenvalue weighted by atomic mass is 10.1. The Morgan fingerprint density at radius 2 is 1.14 bits per heavy atom. The van der Waals surface area contributed by atoms with Gasteiger partial charge in [0, 0.05) is 12.5 Å². The van der Waals surface area contributed by atoms with Crippen LogP contribution in [-0.2, 0) is 25.5 Å². The highest BCUT2D eigenvalue weighted by atomic mass is 28.4. The molecule has 8 heteroatoms. The molecule has 0 spiro atoms. The number of rotatable bonds is 10. The van der Waals surface area contributed by atoms with Gasteiger partial charge in [-0.15, -0.1) is 0 Å². The molecule has 6 nitrogen and oxygen atoms in total. The van der Waals surface area contributed by atoms with Crippen LogP contribution in [0.25, 0.3) is 6.08 Å². The highest BCUT2D eigenvalue weighted by molar-refractivity contribution is 6.75. The molecule has 0 amide bonds. The lowest BCUT2D eigenvalue weighted by molar-refractivity contribution is -0.173. The summed E-state index contributed by atoms with van der Waals surface area (Å²) in [5, 5.41) is 0.177. The molecule has 0 aromatic heterocycles. The molecule has 0 aliphatic carbocycles. The number of esters is 2. The first-order chi connectivity index (χ1) is 19.0. The molecule has 0 saturated carbocycles. The van der Waals surface area contributed by atoms with Crippen molar-refractivity contribution in [2.24, 2.45) is 0 Å². The van der Waals surface area contributed by atoms with Crippen molar-refractivity contribution in [3.63, 3.8) is 0 Å². The minimum atomic E-state index is -1.98. The summed E-state index contributed by atoms with van der Waals surface area (Å²) in [6.45, 7) is 27.4. The first-order valence-electron chi connectivity index (χ1n) is 14.7. The molecule has 232 valence electrons. The van der Waals surface area contributed by atoms with Gasteiger partial charge in [-0.3, -0.25) is 0 Å². The molecule has 0 fully saturated rings. The van der Waals surface area contributed by atoms with Crippen LogP contribution >= 0.6 is 0 Å². The second-order valence-corrected chi connectivity index (χ2v) is 24.4. The smallest absolute Gasteiger partial charge is 0.348 e. The molecule has 0 N–H and O–H groups in total. The molecule has 0 aliphatic rings. The average molecular weight is 613 g/mol. The fourth-order valence-electron chi connectivity index (χ4n) is 3.33. The molecular formula is C34H52O6Si2. The van der Waals surface area contributed by atoms with Gasteiger partial charge in [-0.25, -0.2) is 9.59 Å². The number of carbonyl (C=O) groups excluding carboxylic acids is 2. The van der Waals surface area contributed by atoms with Crippen molar-refractivity contribution in [2.75, 3.05) is 0 Å². The van der Waals surface area contributed by atoms with Crippen molar-refractivity contribution in [2.45, 2.75) is 117 Å². The van der Waals surface area contributed by atoms with Crippen LogP contribution in [0.15, 0.2) is 54.6 Å². The van der Waals surface area contributed by atoms with Gasteiger partial charge in [-0.1, -0.05) is 65.8 Å². The standard InChI is InChI=1S/C34H52O6Si2/c1-32(2,3)38-31(36)29(24-26-16-21-28(22-17-26)40-42(12,13)34(7,8)9)37-30(35)23-18-25-14-19-27(20-15-25)39-41(10,11)33(4,5)6/h14-23,29H,24H2,1-13H3/b23-18+/t29-/m0/s1. The Kier molecular flexibility index (Phi) is 11.1. The first-order valence-corrected chi connectivity index (χ1v) is 20.5. The van der Waals surface area contributed by atoms with Crippen molar-refractivity contribution in [1.29, 1.82) is 0 Å². The quantitative estimate of drug-likeness (QED) is 0.152. The van der Waals surface area contributed by atoms with Gasteiger partial charge >= 0.3 is 11.9 Å². The van der Waals surface area contributed by atoms with Gasteiger partial charge in [0.05, 0.1) is 0 Å². The van der Waals surface area contributed by atoms with Gasteiger partial charge in [-0.2, -0.15) is 0 Å². The van der Waals surface area contributed by atoms with Crippen LogP contribution in [-0.4, -0.2) is 40.3 Å². The van der Waals surface area contributed by atoms with Crippen LogP contribution in [0.4, 0.5) is 0 Å². The van der Waals surface area contributed by atoms with Crippen molar-refractivity contribution < 1.29 is 27.9 Å². The van der Waals surface area contributed by atoms with E-state index in [4.69, 9.17) is 18.3 Å². The maximum absolute atomic E-state index is 13.0. The third kappa shape index (κ3) is 10.8. The van der Waals surface area contributed by atoms with E-state index >= 15 is 0 Å². The Hall–Kier alpha value is -2.85. The minimum absolute atomic E-state index is 0.0791. The largest absolute Gasteiger partial charge is 0.544 e. The lowest BCUT2D eigenvalue weighted by Crippen LogP contribution is -2.43. The van der Waals surface area contributed by atoms with E-state index in [0.29, 0.717) is 0 Å². The summed E-state index contributed by atoms with van der Waals surface area (Å²) in [5.74, 6) is 0.398. The number of benzene rings is 2. The molecule has 0 bridgehead atoms. The van der Waals surface area contributed by atoms with E-state index in [1.54, 1.807) is 26.8 Å². The highest BCUT2D eigenvalue weighted by Gasteiger charge is 2.40. The van der Waals surface area contributed by atoms with Crippen molar-refractivity contribution in [1.82, 2.24) is 0 Å². The third-order valence-electron chi connectivity index (χ3n) is 7.92. The zero-order valence-corrected chi connectivity index (χ0v) is 30.0. The van der Waals surface area contributed by atoms with Gasteiger partial charge < -0.3 is 18.3 Å². The maximum atomic E-state index is 13.0. The molecule has 0 aliphatic heterocycles. The SMILES string of the molecule is CC(C)(C)OC(=O)[C@H](Cc1ccc(O[Si](C)(C)C(C)(C)C)cc1)OC(=O)/C=C/c1ccc(O[Si](C)(C)C(C)(C)C)cc1. The van der Waals surface area contributed by atoms with E-state index in [0.717, 1.165) is 22.6 Å². The maximum Gasteiger partial charge on any atom is 0.348 e. The summed E-state index contributed by atoms with van der Waals surface area (Å²) >= 11 is 0. The van der Waals surface area contributed by atoms with Crippen molar-refractivity contribution in [3.8, 4) is 11.5 Å². The van der Waals surface area contributed by atoms with Crippen LogP contribution in [0.1, 0.15) is 73.4 Å². The molecule has 0 radical (unpaired) electrons. The molecular weight excluding hydrogens is 561 g/mol. The topological polar surface area (TPSA) is 71.1 Å². The summed E-state index contributed by atoms with van der Waals surface area (Å²) in [6, 6.07) is 15.2. The van der Waals surface area contributed by atoms with E-state index in [1.807, 2.05) is 48.5 Å². The van der Waals surface area contributed by atoms with Gasteiger partial charge in [-0.05, 0) is 98.5 Å². The Bertz CT molecular complexity index is 1230. The Labute approximate surface area is 256 Å². The predicted octanol–water partition coefficient (Wildman–Crippen LogP) is 8.96. The van der Waals surface area contributed by atoms with Crippen molar-refractivity contribution in [3.05, 3.63) is 65.7 Å². The zero-order valence-electron chi connectivity index (χ0n) is 28.0. The Morgan fingerprint density at radius 1 is 0.714 bits per heavy atom. The van der Waals surface area contributed by atoms with Crippen LogP contribution in [0.5, 0.6) is 11.5 Å². The number of ether oxygens (including phenoxy) is 2. The molecule has 2 rings (SSSR count). The minimum Gasteiger partial charge on any atom is -0.544 e. The summed E-state index contributed by atoms with van der Waals surface area (Å²) < 4.78 is 23.9. The van der Waals surface area contributed by atoms with E-state index in [9.17, 15) is 9.59 Å². The van der Waals surface area contributed by atoms with Crippen LogP contribution < -0.4 is 8.85 Å². The molecule has 1 atom stereocenters.